The highest BCUT2D eigenvalue weighted by atomic mass is 32.2. The summed E-state index contributed by atoms with van der Waals surface area (Å²) in [6.07, 6.45) is 1.13. The lowest BCUT2D eigenvalue weighted by molar-refractivity contribution is -0.122. The highest BCUT2D eigenvalue weighted by molar-refractivity contribution is 7.92. The molecule has 0 aliphatic carbocycles. The standard InChI is InChI=1S/C19H23FN2O4S/c1-4-16(19(23)21-13-14-9-5-8-12-18(14)26-2)22(27(3,24)25)17-11-7-6-10-15(17)20/h5-12,16H,4,13H2,1-3H3,(H,21,23)/t16-/m0/s1. The molecule has 0 bridgehead atoms. The normalized spacial score (nSPS) is 12.3. The van der Waals surface area contributed by atoms with Crippen LogP contribution in [-0.4, -0.2) is 33.7 Å². The Morgan fingerprint density at radius 2 is 1.81 bits per heavy atom. The molecule has 2 aromatic carbocycles. The molecule has 2 aromatic rings. The number of nitrogens with one attached hydrogen (secondary N) is 1. The van der Waals surface area contributed by atoms with Crippen LogP contribution in [0.3, 0.4) is 0 Å². The number of hydrogen-bond donors (Lipinski definition) is 1. The fraction of sp³-hybridized carbons (Fsp3) is 0.316. The highest BCUT2D eigenvalue weighted by Gasteiger charge is 2.33. The van der Waals surface area contributed by atoms with Crippen molar-refractivity contribution in [2.45, 2.75) is 25.9 Å². The summed E-state index contributed by atoms with van der Waals surface area (Å²) in [6, 6.07) is 11.6. The first-order chi connectivity index (χ1) is 12.8. The van der Waals surface area contributed by atoms with Crippen LogP contribution in [0.5, 0.6) is 5.75 Å². The summed E-state index contributed by atoms with van der Waals surface area (Å²) in [6.45, 7) is 1.83. The topological polar surface area (TPSA) is 75.7 Å². The Balaban J connectivity index is 2.29. The van der Waals surface area contributed by atoms with Crippen molar-refractivity contribution in [3.05, 3.63) is 59.9 Å². The number of amides is 1. The monoisotopic (exact) mass is 394 g/mol. The van der Waals surface area contributed by atoms with Crippen LogP contribution in [0.15, 0.2) is 48.5 Å². The lowest BCUT2D eigenvalue weighted by atomic mass is 10.1. The van der Waals surface area contributed by atoms with E-state index in [1.165, 1.54) is 25.3 Å². The van der Waals surface area contributed by atoms with E-state index in [1.54, 1.807) is 19.1 Å². The van der Waals surface area contributed by atoms with Gasteiger partial charge in [0.15, 0.2) is 0 Å². The second-order valence-corrected chi connectivity index (χ2v) is 7.82. The Kier molecular flexibility index (Phi) is 6.79. The van der Waals surface area contributed by atoms with E-state index in [2.05, 4.69) is 5.32 Å². The van der Waals surface area contributed by atoms with Crippen LogP contribution in [0.1, 0.15) is 18.9 Å². The molecule has 0 radical (unpaired) electrons. The summed E-state index contributed by atoms with van der Waals surface area (Å²) in [7, 11) is -2.36. The van der Waals surface area contributed by atoms with E-state index in [9.17, 15) is 17.6 Å². The molecule has 146 valence electrons. The Morgan fingerprint density at radius 3 is 2.41 bits per heavy atom. The van der Waals surface area contributed by atoms with Crippen molar-refractivity contribution >= 4 is 21.6 Å². The first-order valence-corrected chi connectivity index (χ1v) is 10.3. The van der Waals surface area contributed by atoms with Gasteiger partial charge in [0.1, 0.15) is 17.6 Å². The largest absolute Gasteiger partial charge is 0.496 e. The zero-order valence-electron chi connectivity index (χ0n) is 15.5. The predicted octanol–water partition coefficient (Wildman–Crippen LogP) is 2.70. The quantitative estimate of drug-likeness (QED) is 0.747. The smallest absolute Gasteiger partial charge is 0.244 e. The molecule has 1 N–H and O–H groups in total. The number of ether oxygens (including phenoxy) is 1. The summed E-state index contributed by atoms with van der Waals surface area (Å²) in [5.41, 5.74) is 0.597. The Labute approximate surface area is 159 Å². The molecule has 0 aromatic heterocycles. The van der Waals surface area contributed by atoms with E-state index in [-0.39, 0.29) is 18.7 Å². The lowest BCUT2D eigenvalue weighted by Gasteiger charge is -2.30. The van der Waals surface area contributed by atoms with Gasteiger partial charge in [-0.25, -0.2) is 12.8 Å². The van der Waals surface area contributed by atoms with Crippen LogP contribution in [0, 0.1) is 5.82 Å². The number of sulfonamides is 1. The molecule has 27 heavy (non-hydrogen) atoms. The van der Waals surface area contributed by atoms with E-state index in [0.717, 1.165) is 22.2 Å². The number of para-hydroxylation sites is 2. The van der Waals surface area contributed by atoms with Crippen molar-refractivity contribution in [1.29, 1.82) is 0 Å². The number of benzene rings is 2. The van der Waals surface area contributed by atoms with Gasteiger partial charge in [-0.15, -0.1) is 0 Å². The number of nitrogens with zero attached hydrogens (tertiary/aromatic N) is 1. The van der Waals surface area contributed by atoms with Crippen molar-refractivity contribution in [2.24, 2.45) is 0 Å². The molecule has 0 fully saturated rings. The number of anilines is 1. The van der Waals surface area contributed by atoms with Crippen LogP contribution >= 0.6 is 0 Å². The van der Waals surface area contributed by atoms with E-state index < -0.39 is 27.8 Å². The van der Waals surface area contributed by atoms with Crippen molar-refractivity contribution < 1.29 is 22.3 Å². The molecule has 8 heteroatoms. The van der Waals surface area contributed by atoms with Crippen molar-refractivity contribution in [3.63, 3.8) is 0 Å². The molecule has 0 heterocycles. The molecule has 1 atom stereocenters. The fourth-order valence-electron chi connectivity index (χ4n) is 2.82. The second kappa shape index (κ2) is 8.85. The predicted molar refractivity (Wildman–Crippen MR) is 103 cm³/mol. The number of carbonyl (C=O) groups excluding carboxylic acids is 1. The Hall–Kier alpha value is -2.61. The second-order valence-electron chi connectivity index (χ2n) is 5.96. The minimum absolute atomic E-state index is 0.153. The van der Waals surface area contributed by atoms with Crippen molar-refractivity contribution in [3.8, 4) is 5.75 Å². The zero-order chi connectivity index (χ0) is 20.0. The highest BCUT2D eigenvalue weighted by Crippen LogP contribution is 2.25. The fourth-order valence-corrected chi connectivity index (χ4v) is 4.03. The number of carbonyl (C=O) groups is 1. The number of methoxy groups -OCH3 is 1. The minimum atomic E-state index is -3.88. The first kappa shape index (κ1) is 20.7. The van der Waals surface area contributed by atoms with Gasteiger partial charge in [-0.2, -0.15) is 0 Å². The summed E-state index contributed by atoms with van der Waals surface area (Å²) < 4.78 is 44.9. The average molecular weight is 394 g/mol. The molecule has 0 saturated heterocycles. The molecule has 2 rings (SSSR count). The first-order valence-electron chi connectivity index (χ1n) is 8.43. The maximum absolute atomic E-state index is 14.2. The Morgan fingerprint density at radius 1 is 1.19 bits per heavy atom. The molecule has 0 unspecified atom stereocenters. The van der Waals surface area contributed by atoms with Crippen molar-refractivity contribution in [2.75, 3.05) is 17.7 Å². The van der Waals surface area contributed by atoms with E-state index in [1.807, 2.05) is 12.1 Å². The SMILES string of the molecule is CC[C@@H](C(=O)NCc1ccccc1OC)N(c1ccccc1F)S(C)(=O)=O. The van der Waals surface area contributed by atoms with Crippen LogP contribution in [-0.2, 0) is 21.4 Å². The van der Waals surface area contributed by atoms with Gasteiger partial charge >= 0.3 is 0 Å². The van der Waals surface area contributed by atoms with E-state index in [0.29, 0.717) is 5.75 Å². The van der Waals surface area contributed by atoms with Crippen LogP contribution in [0.2, 0.25) is 0 Å². The van der Waals surface area contributed by atoms with Gasteiger partial charge in [-0.1, -0.05) is 37.3 Å². The average Bonchev–Trinajstić information content (AvgIpc) is 2.64. The van der Waals surface area contributed by atoms with Gasteiger partial charge in [0.25, 0.3) is 0 Å². The summed E-state index contributed by atoms with van der Waals surface area (Å²) in [5.74, 6) is -0.615. The summed E-state index contributed by atoms with van der Waals surface area (Å²) in [5, 5.41) is 2.72. The van der Waals surface area contributed by atoms with Crippen LogP contribution in [0.25, 0.3) is 0 Å². The third kappa shape index (κ3) is 4.97. The van der Waals surface area contributed by atoms with Crippen molar-refractivity contribution in [1.82, 2.24) is 5.32 Å². The van der Waals surface area contributed by atoms with Gasteiger partial charge < -0.3 is 10.1 Å². The molecule has 0 spiro atoms. The maximum atomic E-state index is 14.2. The third-order valence-corrected chi connectivity index (χ3v) is 5.23. The summed E-state index contributed by atoms with van der Waals surface area (Å²) >= 11 is 0. The minimum Gasteiger partial charge on any atom is -0.496 e. The summed E-state index contributed by atoms with van der Waals surface area (Å²) in [4.78, 5) is 12.7. The number of rotatable bonds is 8. The Bertz CT molecular complexity index is 902. The van der Waals surface area contributed by atoms with Gasteiger partial charge in [0.05, 0.1) is 19.1 Å². The molecule has 0 aliphatic heterocycles. The molecular weight excluding hydrogens is 371 g/mol. The zero-order valence-corrected chi connectivity index (χ0v) is 16.3. The molecule has 1 amide bonds. The van der Waals surface area contributed by atoms with Gasteiger partial charge in [0.2, 0.25) is 15.9 Å². The van der Waals surface area contributed by atoms with Gasteiger partial charge in [0, 0.05) is 12.1 Å². The van der Waals surface area contributed by atoms with E-state index >= 15 is 0 Å². The lowest BCUT2D eigenvalue weighted by Crippen LogP contribution is -2.49. The number of hydrogen-bond acceptors (Lipinski definition) is 4. The molecule has 0 saturated carbocycles. The maximum Gasteiger partial charge on any atom is 0.244 e. The van der Waals surface area contributed by atoms with Gasteiger partial charge in [-0.05, 0) is 24.6 Å². The van der Waals surface area contributed by atoms with Crippen LogP contribution in [0.4, 0.5) is 10.1 Å². The molecule has 0 aliphatic rings. The molecule has 6 nitrogen and oxygen atoms in total. The molecular formula is C19H23FN2O4S. The van der Waals surface area contributed by atoms with Gasteiger partial charge in [-0.3, -0.25) is 9.10 Å². The number of halogens is 1. The third-order valence-electron chi connectivity index (χ3n) is 4.07. The van der Waals surface area contributed by atoms with Crippen LogP contribution < -0.4 is 14.4 Å². The van der Waals surface area contributed by atoms with E-state index in [4.69, 9.17) is 4.74 Å².